The molecular formula is C10H18O5. The SMILES string of the molecule is C=CCO[C@@H]1O[C@H](C)[C@H](O)[C@@H](O)[C@@H]1OC. The Morgan fingerprint density at radius 2 is 2.07 bits per heavy atom. The van der Waals surface area contributed by atoms with E-state index in [1.807, 2.05) is 0 Å². The van der Waals surface area contributed by atoms with Crippen LogP contribution in [0.15, 0.2) is 12.7 Å². The van der Waals surface area contributed by atoms with Gasteiger partial charge < -0.3 is 24.4 Å². The van der Waals surface area contributed by atoms with Crippen LogP contribution >= 0.6 is 0 Å². The molecule has 1 saturated heterocycles. The summed E-state index contributed by atoms with van der Waals surface area (Å²) in [4.78, 5) is 0. The molecule has 0 aromatic rings. The van der Waals surface area contributed by atoms with Crippen molar-refractivity contribution in [2.24, 2.45) is 0 Å². The summed E-state index contributed by atoms with van der Waals surface area (Å²) < 4.78 is 15.7. The maximum Gasteiger partial charge on any atom is 0.187 e. The van der Waals surface area contributed by atoms with Gasteiger partial charge in [-0.25, -0.2) is 0 Å². The van der Waals surface area contributed by atoms with Gasteiger partial charge in [-0.15, -0.1) is 6.58 Å². The van der Waals surface area contributed by atoms with Crippen molar-refractivity contribution in [2.75, 3.05) is 13.7 Å². The van der Waals surface area contributed by atoms with Crippen LogP contribution in [0, 0.1) is 0 Å². The number of methoxy groups -OCH3 is 1. The third-order valence-electron chi connectivity index (χ3n) is 2.43. The summed E-state index contributed by atoms with van der Waals surface area (Å²) in [6.45, 7) is 5.49. The fourth-order valence-corrected chi connectivity index (χ4v) is 1.55. The van der Waals surface area contributed by atoms with Crippen LogP contribution in [0.5, 0.6) is 0 Å². The normalized spacial score (nSPS) is 41.5. The first-order valence-electron chi connectivity index (χ1n) is 4.88. The van der Waals surface area contributed by atoms with Crippen LogP contribution in [-0.4, -0.2) is 54.6 Å². The first kappa shape index (κ1) is 12.6. The van der Waals surface area contributed by atoms with Crippen LogP contribution in [0.3, 0.4) is 0 Å². The Bertz CT molecular complexity index is 208. The number of hydrogen-bond acceptors (Lipinski definition) is 5. The topological polar surface area (TPSA) is 68.2 Å². The van der Waals surface area contributed by atoms with Crippen LogP contribution < -0.4 is 0 Å². The molecule has 5 heteroatoms. The highest BCUT2D eigenvalue weighted by atomic mass is 16.7. The van der Waals surface area contributed by atoms with Crippen molar-refractivity contribution in [1.82, 2.24) is 0 Å². The summed E-state index contributed by atoms with van der Waals surface area (Å²) in [6, 6.07) is 0. The van der Waals surface area contributed by atoms with E-state index in [1.54, 1.807) is 13.0 Å². The van der Waals surface area contributed by atoms with Gasteiger partial charge in [-0.2, -0.15) is 0 Å². The molecule has 0 bridgehead atoms. The van der Waals surface area contributed by atoms with Crippen LogP contribution in [0.2, 0.25) is 0 Å². The summed E-state index contributed by atoms with van der Waals surface area (Å²) in [5, 5.41) is 19.3. The minimum atomic E-state index is -1.01. The predicted octanol–water partition coefficient (Wildman–Crippen LogP) is -0.329. The molecule has 0 aromatic heterocycles. The maximum atomic E-state index is 9.72. The number of rotatable bonds is 4. The summed E-state index contributed by atoms with van der Waals surface area (Å²) in [5.74, 6) is 0. The molecule has 1 fully saturated rings. The maximum absolute atomic E-state index is 9.72. The van der Waals surface area contributed by atoms with Gasteiger partial charge in [-0.3, -0.25) is 0 Å². The highest BCUT2D eigenvalue weighted by molar-refractivity contribution is 4.88. The minimum absolute atomic E-state index is 0.306. The van der Waals surface area contributed by atoms with Crippen LogP contribution in [0.25, 0.3) is 0 Å². The summed E-state index contributed by atoms with van der Waals surface area (Å²) in [7, 11) is 1.43. The van der Waals surface area contributed by atoms with Crippen molar-refractivity contribution in [2.45, 2.75) is 37.6 Å². The Hall–Kier alpha value is -0.460. The van der Waals surface area contributed by atoms with E-state index in [9.17, 15) is 10.2 Å². The lowest BCUT2D eigenvalue weighted by Crippen LogP contribution is -2.58. The van der Waals surface area contributed by atoms with Gasteiger partial charge >= 0.3 is 0 Å². The molecule has 0 saturated carbocycles. The highest BCUT2D eigenvalue weighted by Gasteiger charge is 2.43. The quantitative estimate of drug-likeness (QED) is 0.632. The van der Waals surface area contributed by atoms with E-state index in [0.29, 0.717) is 6.61 Å². The Kier molecular flexibility index (Phi) is 4.69. The highest BCUT2D eigenvalue weighted by Crippen LogP contribution is 2.23. The van der Waals surface area contributed by atoms with Gasteiger partial charge in [-0.05, 0) is 6.92 Å². The lowest BCUT2D eigenvalue weighted by atomic mass is 10.00. The molecule has 1 aliphatic rings. The molecule has 0 amide bonds. The van der Waals surface area contributed by atoms with E-state index >= 15 is 0 Å². The second kappa shape index (κ2) is 5.58. The second-order valence-electron chi connectivity index (χ2n) is 3.51. The molecule has 15 heavy (non-hydrogen) atoms. The molecule has 5 atom stereocenters. The molecule has 1 rings (SSSR count). The predicted molar refractivity (Wildman–Crippen MR) is 53.3 cm³/mol. The standard InChI is InChI=1S/C10H18O5/c1-4-5-14-10-9(13-3)8(12)7(11)6(2)15-10/h4,6-12H,1,5H2,2-3H3/t6-,7+,8-,9+,10-/m1/s1. The van der Waals surface area contributed by atoms with E-state index in [0.717, 1.165) is 0 Å². The molecule has 0 aromatic carbocycles. The lowest BCUT2D eigenvalue weighted by molar-refractivity contribution is -0.295. The molecule has 0 spiro atoms. The average molecular weight is 218 g/mol. The van der Waals surface area contributed by atoms with E-state index in [-0.39, 0.29) is 0 Å². The number of aliphatic hydroxyl groups is 2. The van der Waals surface area contributed by atoms with Crippen molar-refractivity contribution in [1.29, 1.82) is 0 Å². The molecular weight excluding hydrogens is 200 g/mol. The van der Waals surface area contributed by atoms with E-state index in [2.05, 4.69) is 6.58 Å². The number of hydrogen-bond donors (Lipinski definition) is 2. The van der Waals surface area contributed by atoms with Crippen molar-refractivity contribution < 1.29 is 24.4 Å². The first-order valence-corrected chi connectivity index (χ1v) is 4.88. The minimum Gasteiger partial charge on any atom is -0.388 e. The second-order valence-corrected chi connectivity index (χ2v) is 3.51. The fraction of sp³-hybridized carbons (Fsp3) is 0.800. The van der Waals surface area contributed by atoms with Gasteiger partial charge in [0, 0.05) is 7.11 Å². The van der Waals surface area contributed by atoms with Crippen molar-refractivity contribution in [3.8, 4) is 0 Å². The molecule has 1 heterocycles. The molecule has 1 aliphatic heterocycles. The summed E-state index contributed by atoms with van der Waals surface area (Å²) >= 11 is 0. The van der Waals surface area contributed by atoms with Gasteiger partial charge in [0.2, 0.25) is 0 Å². The monoisotopic (exact) mass is 218 g/mol. The third-order valence-corrected chi connectivity index (χ3v) is 2.43. The lowest BCUT2D eigenvalue weighted by Gasteiger charge is -2.40. The number of aliphatic hydroxyl groups excluding tert-OH is 2. The molecule has 5 nitrogen and oxygen atoms in total. The Balaban J connectivity index is 2.64. The number of ether oxygens (including phenoxy) is 3. The molecule has 0 radical (unpaired) electrons. The molecule has 0 unspecified atom stereocenters. The first-order chi connectivity index (χ1) is 7.11. The van der Waals surface area contributed by atoms with Crippen LogP contribution in [-0.2, 0) is 14.2 Å². The fourth-order valence-electron chi connectivity index (χ4n) is 1.55. The van der Waals surface area contributed by atoms with E-state index in [4.69, 9.17) is 14.2 Å². The van der Waals surface area contributed by atoms with Crippen molar-refractivity contribution >= 4 is 0 Å². The van der Waals surface area contributed by atoms with Gasteiger partial charge in [0.15, 0.2) is 6.29 Å². The van der Waals surface area contributed by atoms with Crippen LogP contribution in [0.4, 0.5) is 0 Å². The van der Waals surface area contributed by atoms with Gasteiger partial charge in [0.1, 0.15) is 18.3 Å². The smallest absolute Gasteiger partial charge is 0.187 e. The average Bonchev–Trinajstić information content (AvgIpc) is 2.23. The Morgan fingerprint density at radius 3 is 2.60 bits per heavy atom. The van der Waals surface area contributed by atoms with Gasteiger partial charge in [0.05, 0.1) is 12.7 Å². The zero-order chi connectivity index (χ0) is 11.4. The third kappa shape index (κ3) is 2.76. The Labute approximate surface area is 89.3 Å². The summed E-state index contributed by atoms with van der Waals surface area (Å²) in [5.41, 5.74) is 0. The summed E-state index contributed by atoms with van der Waals surface area (Å²) in [6.07, 6.45) is -2.23. The zero-order valence-corrected chi connectivity index (χ0v) is 9.00. The Morgan fingerprint density at radius 1 is 1.40 bits per heavy atom. The van der Waals surface area contributed by atoms with Gasteiger partial charge in [-0.1, -0.05) is 6.08 Å². The van der Waals surface area contributed by atoms with Crippen LogP contribution in [0.1, 0.15) is 6.92 Å². The largest absolute Gasteiger partial charge is 0.388 e. The van der Waals surface area contributed by atoms with E-state index in [1.165, 1.54) is 7.11 Å². The van der Waals surface area contributed by atoms with Crippen molar-refractivity contribution in [3.63, 3.8) is 0 Å². The zero-order valence-electron chi connectivity index (χ0n) is 9.00. The molecule has 88 valence electrons. The van der Waals surface area contributed by atoms with Crippen molar-refractivity contribution in [3.05, 3.63) is 12.7 Å². The molecule has 2 N–H and O–H groups in total. The van der Waals surface area contributed by atoms with Gasteiger partial charge in [0.25, 0.3) is 0 Å². The van der Waals surface area contributed by atoms with E-state index < -0.39 is 30.7 Å². The molecule has 0 aliphatic carbocycles.